The van der Waals surface area contributed by atoms with E-state index in [2.05, 4.69) is 15.5 Å². The van der Waals surface area contributed by atoms with Gasteiger partial charge in [-0.25, -0.2) is 10.4 Å². The fourth-order valence-electron chi connectivity index (χ4n) is 2.47. The normalized spacial score (nSPS) is 13.4. The Morgan fingerprint density at radius 1 is 1.15 bits per heavy atom. The van der Waals surface area contributed by atoms with E-state index in [9.17, 15) is 4.79 Å². The van der Waals surface area contributed by atoms with Crippen molar-refractivity contribution in [3.8, 4) is 5.75 Å². The van der Waals surface area contributed by atoms with Gasteiger partial charge >= 0.3 is 0 Å². The Morgan fingerprint density at radius 2 is 1.81 bits per heavy atom. The minimum absolute atomic E-state index is 0.0514. The van der Waals surface area contributed by atoms with E-state index in [0.717, 1.165) is 22.6 Å². The highest BCUT2D eigenvalue weighted by molar-refractivity contribution is 6.30. The number of hydrogen-bond donors (Lipinski definition) is 1. The molecule has 0 bridgehead atoms. The number of hydrazone groups is 1. The minimum Gasteiger partial charge on any atom is -0.489 e. The van der Waals surface area contributed by atoms with Crippen LogP contribution in [0.15, 0.2) is 58.6 Å². The second kappa shape index (κ2) is 8.68. The van der Waals surface area contributed by atoms with Gasteiger partial charge < -0.3 is 4.74 Å². The van der Waals surface area contributed by atoms with E-state index in [1.165, 1.54) is 0 Å². The minimum atomic E-state index is -0.0514. The van der Waals surface area contributed by atoms with Gasteiger partial charge in [0.2, 0.25) is 5.96 Å². The summed E-state index contributed by atoms with van der Waals surface area (Å²) in [4.78, 5) is 17.9. The molecule has 0 unspecified atom stereocenters. The second-order valence-corrected chi connectivity index (χ2v) is 6.79. The SMILES string of the molecule is CC(C)=NNC1=NCC(=O)N1Cc1ccc(OCc2ccc(Cl)cc2)cc1. The van der Waals surface area contributed by atoms with Gasteiger partial charge in [0, 0.05) is 10.7 Å². The summed E-state index contributed by atoms with van der Waals surface area (Å²) in [6.07, 6.45) is 0. The molecule has 0 fully saturated rings. The summed E-state index contributed by atoms with van der Waals surface area (Å²) in [6.45, 7) is 4.79. The molecule has 3 rings (SSSR count). The molecule has 1 aliphatic heterocycles. The number of guanidine groups is 1. The number of ether oxygens (including phenoxy) is 1. The number of nitrogens with zero attached hydrogens (tertiary/aromatic N) is 3. The standard InChI is InChI=1S/C20H21ClN4O2/c1-14(2)23-24-20-22-11-19(26)25(20)12-15-5-9-18(10-6-15)27-13-16-3-7-17(21)8-4-16/h3-10H,11-13H2,1-2H3,(H,22,24). The zero-order valence-corrected chi connectivity index (χ0v) is 16.0. The lowest BCUT2D eigenvalue weighted by molar-refractivity contribution is -0.125. The number of aliphatic imine (C=N–C) groups is 1. The molecular formula is C20H21ClN4O2. The molecule has 1 amide bonds. The van der Waals surface area contributed by atoms with Gasteiger partial charge in [0.1, 0.15) is 18.9 Å². The van der Waals surface area contributed by atoms with Crippen molar-refractivity contribution in [1.29, 1.82) is 0 Å². The molecule has 27 heavy (non-hydrogen) atoms. The summed E-state index contributed by atoms with van der Waals surface area (Å²) >= 11 is 5.88. The summed E-state index contributed by atoms with van der Waals surface area (Å²) in [5.41, 5.74) is 5.73. The van der Waals surface area contributed by atoms with E-state index in [1.807, 2.05) is 62.4 Å². The van der Waals surface area contributed by atoms with Crippen LogP contribution in [0.5, 0.6) is 5.75 Å². The average molecular weight is 385 g/mol. The van der Waals surface area contributed by atoms with Crippen LogP contribution in [0.1, 0.15) is 25.0 Å². The first-order chi connectivity index (χ1) is 13.0. The van der Waals surface area contributed by atoms with Crippen molar-refractivity contribution in [2.45, 2.75) is 27.0 Å². The van der Waals surface area contributed by atoms with Gasteiger partial charge in [-0.1, -0.05) is 35.9 Å². The molecule has 1 heterocycles. The Morgan fingerprint density at radius 3 is 2.48 bits per heavy atom. The van der Waals surface area contributed by atoms with Gasteiger partial charge in [0.25, 0.3) is 5.91 Å². The Kier molecular flexibility index (Phi) is 6.08. The molecule has 0 aromatic heterocycles. The van der Waals surface area contributed by atoms with Crippen molar-refractivity contribution in [2.75, 3.05) is 6.54 Å². The molecule has 0 saturated carbocycles. The van der Waals surface area contributed by atoms with Gasteiger partial charge in [-0.2, -0.15) is 5.10 Å². The first kappa shape index (κ1) is 18.9. The molecule has 0 saturated heterocycles. The molecular weight excluding hydrogens is 364 g/mol. The summed E-state index contributed by atoms with van der Waals surface area (Å²) < 4.78 is 5.79. The van der Waals surface area contributed by atoms with Crippen molar-refractivity contribution in [2.24, 2.45) is 10.1 Å². The number of carbonyl (C=O) groups is 1. The number of carbonyl (C=O) groups excluding carboxylic acids is 1. The largest absolute Gasteiger partial charge is 0.489 e. The maximum atomic E-state index is 12.1. The molecule has 1 N–H and O–H groups in total. The van der Waals surface area contributed by atoms with Crippen molar-refractivity contribution >= 4 is 29.2 Å². The molecule has 140 valence electrons. The topological polar surface area (TPSA) is 66.3 Å². The van der Waals surface area contributed by atoms with Crippen molar-refractivity contribution < 1.29 is 9.53 Å². The summed E-state index contributed by atoms with van der Waals surface area (Å²) in [7, 11) is 0. The predicted octanol–water partition coefficient (Wildman–Crippen LogP) is 3.60. The van der Waals surface area contributed by atoms with Gasteiger partial charge in [-0.3, -0.25) is 9.69 Å². The smallest absolute Gasteiger partial charge is 0.251 e. The summed E-state index contributed by atoms with van der Waals surface area (Å²) in [6, 6.07) is 15.2. The Labute approximate surface area is 163 Å². The van der Waals surface area contributed by atoms with Crippen molar-refractivity contribution in [3.63, 3.8) is 0 Å². The molecule has 0 atom stereocenters. The van der Waals surface area contributed by atoms with E-state index in [4.69, 9.17) is 16.3 Å². The fourth-order valence-corrected chi connectivity index (χ4v) is 2.60. The van der Waals surface area contributed by atoms with E-state index >= 15 is 0 Å². The number of benzene rings is 2. The lowest BCUT2D eigenvalue weighted by atomic mass is 10.2. The van der Waals surface area contributed by atoms with E-state index in [1.54, 1.807) is 4.90 Å². The van der Waals surface area contributed by atoms with E-state index in [-0.39, 0.29) is 12.5 Å². The van der Waals surface area contributed by atoms with E-state index < -0.39 is 0 Å². The number of hydrogen-bond acceptors (Lipinski definition) is 5. The third-order valence-electron chi connectivity index (χ3n) is 3.88. The quantitative estimate of drug-likeness (QED) is 0.611. The zero-order valence-electron chi connectivity index (χ0n) is 15.3. The van der Waals surface area contributed by atoms with Gasteiger partial charge in [0.15, 0.2) is 0 Å². The molecule has 0 aliphatic carbocycles. The maximum Gasteiger partial charge on any atom is 0.251 e. The van der Waals surface area contributed by atoms with Crippen molar-refractivity contribution in [1.82, 2.24) is 10.3 Å². The van der Waals surface area contributed by atoms with Crippen LogP contribution < -0.4 is 10.2 Å². The highest BCUT2D eigenvalue weighted by Crippen LogP contribution is 2.17. The molecule has 2 aromatic rings. The molecule has 6 nitrogen and oxygen atoms in total. The Balaban J connectivity index is 1.58. The summed E-state index contributed by atoms with van der Waals surface area (Å²) in [5.74, 6) is 1.19. The second-order valence-electron chi connectivity index (χ2n) is 6.35. The first-order valence-corrected chi connectivity index (χ1v) is 8.97. The van der Waals surface area contributed by atoms with Crippen molar-refractivity contribution in [3.05, 3.63) is 64.7 Å². The predicted molar refractivity (Wildman–Crippen MR) is 107 cm³/mol. The Hall–Kier alpha value is -2.86. The summed E-state index contributed by atoms with van der Waals surface area (Å²) in [5, 5.41) is 4.82. The number of halogens is 1. The molecule has 0 spiro atoms. The molecule has 2 aromatic carbocycles. The number of amides is 1. The van der Waals surface area contributed by atoms with Crippen LogP contribution in [0.2, 0.25) is 5.02 Å². The lowest BCUT2D eigenvalue weighted by Crippen LogP contribution is -2.38. The van der Waals surface area contributed by atoms with Gasteiger partial charge in [0.05, 0.1) is 6.54 Å². The monoisotopic (exact) mass is 384 g/mol. The zero-order chi connectivity index (χ0) is 19.2. The number of rotatable bonds is 6. The Bertz CT molecular complexity index is 857. The average Bonchev–Trinajstić information content (AvgIpc) is 3.00. The maximum absolute atomic E-state index is 12.1. The van der Waals surface area contributed by atoms with Crippen LogP contribution >= 0.6 is 11.6 Å². The molecule has 1 aliphatic rings. The van der Waals surface area contributed by atoms with Crippen LogP contribution in [0, 0.1) is 0 Å². The van der Waals surface area contributed by atoms with Crippen LogP contribution in [-0.2, 0) is 17.9 Å². The van der Waals surface area contributed by atoms with Crippen LogP contribution in [0.3, 0.4) is 0 Å². The third kappa shape index (κ3) is 5.31. The van der Waals surface area contributed by atoms with Crippen LogP contribution in [-0.4, -0.2) is 29.0 Å². The van der Waals surface area contributed by atoms with Crippen LogP contribution in [0.4, 0.5) is 0 Å². The third-order valence-corrected chi connectivity index (χ3v) is 4.14. The number of nitrogens with one attached hydrogen (secondary N) is 1. The fraction of sp³-hybridized carbons (Fsp3) is 0.250. The first-order valence-electron chi connectivity index (χ1n) is 8.59. The highest BCUT2D eigenvalue weighted by atomic mass is 35.5. The molecule has 7 heteroatoms. The lowest BCUT2D eigenvalue weighted by Gasteiger charge is -2.18. The molecule has 0 radical (unpaired) electrons. The van der Waals surface area contributed by atoms with E-state index in [0.29, 0.717) is 24.1 Å². The van der Waals surface area contributed by atoms with Gasteiger partial charge in [-0.05, 0) is 49.2 Å². The van der Waals surface area contributed by atoms with Crippen LogP contribution in [0.25, 0.3) is 0 Å². The van der Waals surface area contributed by atoms with Gasteiger partial charge in [-0.15, -0.1) is 0 Å². The highest BCUT2D eigenvalue weighted by Gasteiger charge is 2.25.